The molecule has 3 rings (SSSR count). The first kappa shape index (κ1) is 28.0. The number of benzene rings is 2. The Balaban J connectivity index is 1.94. The highest BCUT2D eigenvalue weighted by Crippen LogP contribution is 2.32. The van der Waals surface area contributed by atoms with Crippen molar-refractivity contribution in [3.63, 3.8) is 0 Å². The molecule has 0 unspecified atom stereocenters. The lowest BCUT2D eigenvalue weighted by Gasteiger charge is -2.31. The van der Waals surface area contributed by atoms with Gasteiger partial charge in [0.05, 0.1) is 10.9 Å². The molecule has 3 N–H and O–H groups in total. The monoisotopic (exact) mass is 540 g/mol. The van der Waals surface area contributed by atoms with Crippen molar-refractivity contribution in [2.45, 2.75) is 37.9 Å². The van der Waals surface area contributed by atoms with Gasteiger partial charge in [-0.2, -0.15) is 13.2 Å². The molecule has 198 valence electrons. The Morgan fingerprint density at radius 2 is 1.65 bits per heavy atom. The number of hydrogen-bond acceptors (Lipinski definition) is 7. The first-order valence-corrected chi connectivity index (χ1v) is 12.3. The van der Waals surface area contributed by atoms with Crippen LogP contribution in [0.5, 0.6) is 0 Å². The average Bonchev–Trinajstić information content (AvgIpc) is 2.81. The second kappa shape index (κ2) is 10.4. The van der Waals surface area contributed by atoms with E-state index in [1.807, 2.05) is 0 Å². The van der Waals surface area contributed by atoms with E-state index in [2.05, 4.69) is 19.4 Å². The summed E-state index contributed by atoms with van der Waals surface area (Å²) in [5, 5.41) is 0. The lowest BCUT2D eigenvalue weighted by atomic mass is 9.88. The second-order valence-corrected chi connectivity index (χ2v) is 10.8. The summed E-state index contributed by atoms with van der Waals surface area (Å²) in [6.07, 6.45) is -2.52. The fourth-order valence-electron chi connectivity index (χ4n) is 3.29. The summed E-state index contributed by atoms with van der Waals surface area (Å²) in [4.78, 5) is 18.6. The zero-order valence-corrected chi connectivity index (χ0v) is 20.8. The molecule has 8 nitrogen and oxygen atoms in total. The van der Waals surface area contributed by atoms with Crippen LogP contribution in [0.2, 0.25) is 0 Å². The molecular formula is C24H24F4N4O4S. The quantitative estimate of drug-likeness (QED) is 0.338. The largest absolute Gasteiger partial charge is 0.490 e. The molecule has 1 heterocycles. The standard InChI is InChI=1S/C24H24F4N4O4S/c1-23(2,3)20(13-36-21(33)24(26,27)28)32-37(34,35)19-7-5-4-6-17(19)14-8-9-16(18(25)10-14)15-11-30-22(29)31-12-15/h4-12,20,32H,13H2,1-3H3,(H2,29,30,31)/t20-/m0/s1. The van der Waals surface area contributed by atoms with Crippen LogP contribution in [0.25, 0.3) is 22.3 Å². The van der Waals surface area contributed by atoms with E-state index in [1.165, 1.54) is 42.7 Å². The number of nitrogens with two attached hydrogens (primary N) is 1. The Morgan fingerprint density at radius 1 is 1.03 bits per heavy atom. The van der Waals surface area contributed by atoms with E-state index in [0.29, 0.717) is 5.56 Å². The van der Waals surface area contributed by atoms with Gasteiger partial charge in [0.1, 0.15) is 12.4 Å². The molecular weight excluding hydrogens is 516 g/mol. The molecule has 1 aromatic heterocycles. The van der Waals surface area contributed by atoms with Gasteiger partial charge in [0.15, 0.2) is 0 Å². The molecule has 3 aromatic rings. The van der Waals surface area contributed by atoms with Gasteiger partial charge in [-0.25, -0.2) is 32.3 Å². The SMILES string of the molecule is CC(C)(C)[C@H](COC(=O)C(F)(F)F)NS(=O)(=O)c1ccccc1-c1ccc(-c2cnc(N)nc2)c(F)c1. The average molecular weight is 541 g/mol. The van der Waals surface area contributed by atoms with Crippen molar-refractivity contribution in [1.29, 1.82) is 0 Å². The van der Waals surface area contributed by atoms with Crippen LogP contribution in [0.1, 0.15) is 20.8 Å². The van der Waals surface area contributed by atoms with Gasteiger partial charge in [0.2, 0.25) is 16.0 Å². The van der Waals surface area contributed by atoms with Crippen LogP contribution < -0.4 is 10.5 Å². The lowest BCUT2D eigenvalue weighted by Crippen LogP contribution is -2.47. The number of ether oxygens (including phenoxy) is 1. The van der Waals surface area contributed by atoms with Gasteiger partial charge in [-0.3, -0.25) is 0 Å². The van der Waals surface area contributed by atoms with Gasteiger partial charge >= 0.3 is 12.1 Å². The van der Waals surface area contributed by atoms with E-state index < -0.39 is 46.0 Å². The number of nitrogen functional groups attached to an aromatic ring is 1. The molecule has 0 aliphatic rings. The van der Waals surface area contributed by atoms with Crippen molar-refractivity contribution in [3.8, 4) is 22.3 Å². The van der Waals surface area contributed by atoms with E-state index in [4.69, 9.17) is 5.73 Å². The van der Waals surface area contributed by atoms with Crippen LogP contribution in [0, 0.1) is 11.2 Å². The molecule has 0 aliphatic heterocycles. The van der Waals surface area contributed by atoms with Crippen molar-refractivity contribution >= 4 is 21.9 Å². The molecule has 2 aromatic carbocycles. The summed E-state index contributed by atoms with van der Waals surface area (Å²) in [6, 6.07) is 8.63. The summed E-state index contributed by atoms with van der Waals surface area (Å²) in [5.41, 5.74) is 5.44. The Labute approximate surface area is 210 Å². The maximum atomic E-state index is 15.0. The summed E-state index contributed by atoms with van der Waals surface area (Å²) in [7, 11) is -4.36. The molecule has 0 aliphatic carbocycles. The van der Waals surface area contributed by atoms with Crippen LogP contribution in [0.4, 0.5) is 23.5 Å². The smallest absolute Gasteiger partial charge is 0.457 e. The van der Waals surface area contributed by atoms with Crippen molar-refractivity contribution in [2.24, 2.45) is 5.41 Å². The molecule has 0 amide bonds. The number of carbonyl (C=O) groups is 1. The Morgan fingerprint density at radius 3 is 2.22 bits per heavy atom. The fourth-order valence-corrected chi connectivity index (χ4v) is 4.94. The van der Waals surface area contributed by atoms with Crippen LogP contribution in [-0.2, 0) is 19.6 Å². The van der Waals surface area contributed by atoms with Crippen molar-refractivity contribution in [1.82, 2.24) is 14.7 Å². The molecule has 1 atom stereocenters. The Bertz CT molecular complexity index is 1390. The van der Waals surface area contributed by atoms with Crippen molar-refractivity contribution < 1.29 is 35.5 Å². The summed E-state index contributed by atoms with van der Waals surface area (Å²) in [5.74, 6) is -3.07. The van der Waals surface area contributed by atoms with Crippen molar-refractivity contribution in [3.05, 3.63) is 60.7 Å². The topological polar surface area (TPSA) is 124 Å². The van der Waals surface area contributed by atoms with Gasteiger partial charge in [-0.05, 0) is 23.1 Å². The van der Waals surface area contributed by atoms with E-state index in [9.17, 15) is 30.8 Å². The van der Waals surface area contributed by atoms with E-state index >= 15 is 0 Å². The molecule has 37 heavy (non-hydrogen) atoms. The van der Waals surface area contributed by atoms with Crippen LogP contribution in [-0.4, -0.2) is 43.2 Å². The van der Waals surface area contributed by atoms with E-state index in [1.54, 1.807) is 26.8 Å². The normalized spacial score (nSPS) is 13.3. The molecule has 0 fully saturated rings. The van der Waals surface area contributed by atoms with Crippen molar-refractivity contribution in [2.75, 3.05) is 12.3 Å². The number of carbonyl (C=O) groups excluding carboxylic acids is 1. The number of sulfonamides is 1. The predicted octanol–water partition coefficient (Wildman–Crippen LogP) is 4.33. The van der Waals surface area contributed by atoms with Gasteiger partial charge in [0, 0.05) is 29.1 Å². The highest BCUT2D eigenvalue weighted by Gasteiger charge is 2.42. The van der Waals surface area contributed by atoms with E-state index in [-0.39, 0.29) is 27.5 Å². The number of rotatable bonds is 7. The molecule has 0 saturated heterocycles. The summed E-state index contributed by atoms with van der Waals surface area (Å²) in [6.45, 7) is 3.86. The first-order valence-electron chi connectivity index (χ1n) is 10.8. The van der Waals surface area contributed by atoms with Gasteiger partial charge in [0.25, 0.3) is 0 Å². The van der Waals surface area contributed by atoms with Crippen LogP contribution >= 0.6 is 0 Å². The molecule has 0 radical (unpaired) electrons. The number of halogens is 4. The van der Waals surface area contributed by atoms with Gasteiger partial charge < -0.3 is 10.5 Å². The fraction of sp³-hybridized carbons (Fsp3) is 0.292. The summed E-state index contributed by atoms with van der Waals surface area (Å²) >= 11 is 0. The first-order chi connectivity index (χ1) is 17.1. The minimum Gasteiger partial charge on any atom is -0.457 e. The minimum atomic E-state index is -5.22. The zero-order chi connectivity index (χ0) is 27.6. The summed E-state index contributed by atoms with van der Waals surface area (Å²) < 4.78 is 86.0. The number of esters is 1. The van der Waals surface area contributed by atoms with E-state index in [0.717, 1.165) is 6.07 Å². The number of nitrogens with zero attached hydrogens (tertiary/aromatic N) is 2. The second-order valence-electron chi connectivity index (χ2n) is 9.16. The Hall–Kier alpha value is -3.58. The number of nitrogens with one attached hydrogen (secondary N) is 1. The number of aromatic nitrogens is 2. The number of anilines is 1. The molecule has 0 bridgehead atoms. The highest BCUT2D eigenvalue weighted by atomic mass is 32.2. The lowest BCUT2D eigenvalue weighted by molar-refractivity contribution is -0.200. The Kier molecular flexibility index (Phi) is 7.89. The maximum absolute atomic E-state index is 15.0. The number of alkyl halides is 3. The van der Waals surface area contributed by atoms with Crippen LogP contribution in [0.3, 0.4) is 0 Å². The molecule has 13 heteroatoms. The molecule has 0 spiro atoms. The third-order valence-electron chi connectivity index (χ3n) is 5.39. The highest BCUT2D eigenvalue weighted by molar-refractivity contribution is 7.89. The minimum absolute atomic E-state index is 0.0224. The third kappa shape index (κ3) is 6.80. The number of hydrogen-bond donors (Lipinski definition) is 2. The van der Waals surface area contributed by atoms with Crippen LogP contribution in [0.15, 0.2) is 59.8 Å². The van der Waals surface area contributed by atoms with Gasteiger partial charge in [-0.1, -0.05) is 51.1 Å². The third-order valence-corrected chi connectivity index (χ3v) is 6.92. The molecule has 0 saturated carbocycles. The maximum Gasteiger partial charge on any atom is 0.490 e. The predicted molar refractivity (Wildman–Crippen MR) is 128 cm³/mol. The van der Waals surface area contributed by atoms with Gasteiger partial charge in [-0.15, -0.1) is 0 Å². The zero-order valence-electron chi connectivity index (χ0n) is 20.0.